The van der Waals surface area contributed by atoms with Gasteiger partial charge in [-0.3, -0.25) is 0 Å². The van der Waals surface area contributed by atoms with Crippen LogP contribution in [0.3, 0.4) is 0 Å². The van der Waals surface area contributed by atoms with E-state index >= 15 is 0 Å². The van der Waals surface area contributed by atoms with Crippen molar-refractivity contribution in [3.05, 3.63) is 0 Å². The highest BCUT2D eigenvalue weighted by Gasteiger charge is 2.35. The van der Waals surface area contributed by atoms with Gasteiger partial charge in [0, 0.05) is 19.7 Å². The Labute approximate surface area is 103 Å². The highest BCUT2D eigenvalue weighted by molar-refractivity contribution is 5.60. The van der Waals surface area contributed by atoms with Crippen LogP contribution in [0.4, 0.5) is 0 Å². The molecule has 0 amide bonds. The Kier molecular flexibility index (Phi) is 4.17. The summed E-state index contributed by atoms with van der Waals surface area (Å²) in [5.74, 6) is 0.600. The van der Waals surface area contributed by atoms with Gasteiger partial charge in [-0.15, -0.1) is 0 Å². The van der Waals surface area contributed by atoms with E-state index in [4.69, 9.17) is 4.74 Å². The van der Waals surface area contributed by atoms with Crippen molar-refractivity contribution in [2.45, 2.75) is 31.8 Å². The van der Waals surface area contributed by atoms with Crippen molar-refractivity contribution < 1.29 is 14.6 Å². The maximum Gasteiger partial charge on any atom is 0.129 e. The number of aldehydes is 1. The summed E-state index contributed by atoms with van der Waals surface area (Å²) in [4.78, 5) is 13.5. The SMILES string of the molecule is CN(CC1CC(O)C1)CC1(C=O)CCCOC1. The second kappa shape index (κ2) is 5.46. The standard InChI is InChI=1S/C13H23NO3/c1-14(7-11-5-12(16)6-11)8-13(9-15)3-2-4-17-10-13/h9,11-12,16H,2-8,10H2,1H3. The van der Waals surface area contributed by atoms with E-state index in [1.54, 1.807) is 0 Å². The minimum Gasteiger partial charge on any atom is -0.393 e. The molecule has 0 radical (unpaired) electrons. The van der Waals surface area contributed by atoms with Crippen LogP contribution in [0.15, 0.2) is 0 Å². The number of ether oxygens (including phenoxy) is 1. The van der Waals surface area contributed by atoms with Crippen LogP contribution in [0.2, 0.25) is 0 Å². The summed E-state index contributed by atoms with van der Waals surface area (Å²) in [6.07, 6.45) is 4.73. The van der Waals surface area contributed by atoms with Crippen molar-refractivity contribution in [3.8, 4) is 0 Å². The van der Waals surface area contributed by atoms with Crippen LogP contribution in [-0.4, -0.2) is 55.7 Å². The first-order valence-corrected chi connectivity index (χ1v) is 6.54. The van der Waals surface area contributed by atoms with Crippen LogP contribution in [-0.2, 0) is 9.53 Å². The van der Waals surface area contributed by atoms with Gasteiger partial charge < -0.3 is 19.5 Å². The van der Waals surface area contributed by atoms with E-state index in [0.29, 0.717) is 12.5 Å². The Balaban J connectivity index is 1.79. The molecule has 1 heterocycles. The molecule has 1 unspecified atom stereocenters. The predicted molar refractivity (Wildman–Crippen MR) is 64.8 cm³/mol. The molecule has 1 N–H and O–H groups in total. The van der Waals surface area contributed by atoms with Gasteiger partial charge in [0.2, 0.25) is 0 Å². The molecule has 98 valence electrons. The fourth-order valence-electron chi connectivity index (χ4n) is 3.02. The number of aliphatic hydroxyl groups excluding tert-OH is 1. The van der Waals surface area contributed by atoms with Crippen molar-refractivity contribution >= 4 is 6.29 Å². The number of hydrogen-bond donors (Lipinski definition) is 1. The molecule has 1 saturated carbocycles. The summed E-state index contributed by atoms with van der Waals surface area (Å²) in [6.45, 7) is 3.11. The average molecular weight is 241 g/mol. The normalized spacial score (nSPS) is 37.8. The molecule has 0 spiro atoms. The van der Waals surface area contributed by atoms with Gasteiger partial charge in [-0.1, -0.05) is 0 Å². The van der Waals surface area contributed by atoms with Crippen molar-refractivity contribution in [2.24, 2.45) is 11.3 Å². The summed E-state index contributed by atoms with van der Waals surface area (Å²) < 4.78 is 5.44. The highest BCUT2D eigenvalue weighted by atomic mass is 16.5. The number of hydrogen-bond acceptors (Lipinski definition) is 4. The third-order valence-corrected chi connectivity index (χ3v) is 3.97. The van der Waals surface area contributed by atoms with Crippen molar-refractivity contribution in [2.75, 3.05) is 33.4 Å². The summed E-state index contributed by atoms with van der Waals surface area (Å²) in [6, 6.07) is 0. The molecule has 0 aromatic heterocycles. The molecule has 4 nitrogen and oxygen atoms in total. The molecule has 1 atom stereocenters. The second-order valence-corrected chi connectivity index (χ2v) is 5.82. The Hall–Kier alpha value is -0.450. The third-order valence-electron chi connectivity index (χ3n) is 3.97. The molecule has 17 heavy (non-hydrogen) atoms. The lowest BCUT2D eigenvalue weighted by atomic mass is 9.80. The van der Waals surface area contributed by atoms with Gasteiger partial charge in [-0.2, -0.15) is 0 Å². The van der Waals surface area contributed by atoms with Crippen LogP contribution < -0.4 is 0 Å². The largest absolute Gasteiger partial charge is 0.393 e. The minimum atomic E-state index is -0.296. The van der Waals surface area contributed by atoms with Crippen LogP contribution in [0.25, 0.3) is 0 Å². The van der Waals surface area contributed by atoms with Gasteiger partial charge in [0.1, 0.15) is 6.29 Å². The maximum absolute atomic E-state index is 11.3. The molecule has 2 fully saturated rings. The van der Waals surface area contributed by atoms with Crippen LogP contribution in [0.5, 0.6) is 0 Å². The third kappa shape index (κ3) is 3.27. The first kappa shape index (κ1) is 13.0. The average Bonchev–Trinajstić information content (AvgIpc) is 2.28. The molecule has 1 aliphatic carbocycles. The minimum absolute atomic E-state index is 0.0913. The lowest BCUT2D eigenvalue weighted by Gasteiger charge is -2.39. The smallest absolute Gasteiger partial charge is 0.129 e. The van der Waals surface area contributed by atoms with Gasteiger partial charge >= 0.3 is 0 Å². The molecule has 2 aliphatic rings. The fraction of sp³-hybridized carbons (Fsp3) is 0.923. The molecule has 0 aromatic rings. The summed E-state index contributed by atoms with van der Waals surface area (Å²) >= 11 is 0. The van der Waals surface area contributed by atoms with E-state index in [9.17, 15) is 9.90 Å². The summed E-state index contributed by atoms with van der Waals surface area (Å²) in [5, 5.41) is 9.25. The van der Waals surface area contributed by atoms with Crippen molar-refractivity contribution in [1.82, 2.24) is 4.90 Å². The Morgan fingerprint density at radius 1 is 1.53 bits per heavy atom. The van der Waals surface area contributed by atoms with Crippen molar-refractivity contribution in [3.63, 3.8) is 0 Å². The topological polar surface area (TPSA) is 49.8 Å². The highest BCUT2D eigenvalue weighted by Crippen LogP contribution is 2.30. The van der Waals surface area contributed by atoms with Gasteiger partial charge in [0.15, 0.2) is 0 Å². The number of rotatable bonds is 5. The number of carbonyl (C=O) groups is 1. The zero-order valence-corrected chi connectivity index (χ0v) is 10.6. The number of nitrogens with zero attached hydrogens (tertiary/aromatic N) is 1. The van der Waals surface area contributed by atoms with E-state index in [1.165, 1.54) is 0 Å². The lowest BCUT2D eigenvalue weighted by Crippen LogP contribution is -2.46. The van der Waals surface area contributed by atoms with E-state index in [2.05, 4.69) is 11.9 Å². The first-order chi connectivity index (χ1) is 8.13. The zero-order chi connectivity index (χ0) is 12.3. The Morgan fingerprint density at radius 2 is 2.29 bits per heavy atom. The van der Waals surface area contributed by atoms with Gasteiger partial charge in [-0.05, 0) is 38.6 Å². The van der Waals surface area contributed by atoms with Crippen molar-refractivity contribution in [1.29, 1.82) is 0 Å². The molecule has 1 aliphatic heterocycles. The van der Waals surface area contributed by atoms with E-state index in [0.717, 1.165) is 51.7 Å². The van der Waals surface area contributed by atoms with Crippen LogP contribution in [0, 0.1) is 11.3 Å². The molecule has 2 rings (SSSR count). The fourth-order valence-corrected chi connectivity index (χ4v) is 3.02. The van der Waals surface area contributed by atoms with Crippen LogP contribution >= 0.6 is 0 Å². The van der Waals surface area contributed by atoms with Gasteiger partial charge in [0.05, 0.1) is 18.1 Å². The first-order valence-electron chi connectivity index (χ1n) is 6.54. The molecule has 4 heteroatoms. The van der Waals surface area contributed by atoms with Gasteiger partial charge in [0.25, 0.3) is 0 Å². The molecule has 1 saturated heterocycles. The molecular weight excluding hydrogens is 218 g/mol. The van der Waals surface area contributed by atoms with E-state index < -0.39 is 0 Å². The summed E-state index contributed by atoms with van der Waals surface area (Å²) in [7, 11) is 2.06. The summed E-state index contributed by atoms with van der Waals surface area (Å²) in [5.41, 5.74) is -0.296. The van der Waals surface area contributed by atoms with E-state index in [-0.39, 0.29) is 11.5 Å². The predicted octanol–water partition coefficient (Wildman–Crippen LogP) is 0.685. The van der Waals surface area contributed by atoms with Gasteiger partial charge in [-0.25, -0.2) is 0 Å². The number of aliphatic hydroxyl groups is 1. The second-order valence-electron chi connectivity index (χ2n) is 5.82. The zero-order valence-electron chi connectivity index (χ0n) is 10.6. The van der Waals surface area contributed by atoms with E-state index in [1.807, 2.05) is 0 Å². The number of carbonyl (C=O) groups excluding carboxylic acids is 1. The lowest BCUT2D eigenvalue weighted by molar-refractivity contribution is -0.125. The Bertz CT molecular complexity index is 257. The maximum atomic E-state index is 11.3. The molecular formula is C13H23NO3. The molecule has 0 aromatic carbocycles. The monoisotopic (exact) mass is 241 g/mol. The molecule has 0 bridgehead atoms. The quantitative estimate of drug-likeness (QED) is 0.719. The Morgan fingerprint density at radius 3 is 2.82 bits per heavy atom. The van der Waals surface area contributed by atoms with Crippen LogP contribution in [0.1, 0.15) is 25.7 Å².